The Morgan fingerprint density at radius 1 is 1.14 bits per heavy atom. The van der Waals surface area contributed by atoms with E-state index in [1.165, 1.54) is 13.2 Å². The molecule has 0 spiro atoms. The first-order chi connectivity index (χ1) is 17.1. The minimum Gasteiger partial charge on any atom is -0.497 e. The fourth-order valence-electron chi connectivity index (χ4n) is 3.13. The smallest absolute Gasteiger partial charge is 0.343 e. The second-order valence-electron chi connectivity index (χ2n) is 7.69. The molecule has 2 aromatic carbocycles. The van der Waals surface area contributed by atoms with E-state index < -0.39 is 29.6 Å². The Morgan fingerprint density at radius 3 is 2.44 bits per heavy atom. The van der Waals surface area contributed by atoms with Gasteiger partial charge in [0.2, 0.25) is 0 Å². The summed E-state index contributed by atoms with van der Waals surface area (Å²) in [6.45, 7) is 4.96. The Bertz CT molecular complexity index is 1210. The van der Waals surface area contributed by atoms with Gasteiger partial charge in [0.25, 0.3) is 11.1 Å². The van der Waals surface area contributed by atoms with Crippen LogP contribution in [-0.4, -0.2) is 54.4 Å². The van der Waals surface area contributed by atoms with E-state index >= 15 is 0 Å². The van der Waals surface area contributed by atoms with Crippen LogP contribution in [-0.2, 0) is 14.3 Å². The van der Waals surface area contributed by atoms with Crippen molar-refractivity contribution in [2.24, 2.45) is 0 Å². The molecular weight excluding hydrogens is 554 g/mol. The molecule has 0 unspecified atom stereocenters. The van der Waals surface area contributed by atoms with E-state index in [0.717, 1.165) is 4.90 Å². The minimum atomic E-state index is -0.669. The second-order valence-corrected chi connectivity index (χ2v) is 9.54. The summed E-state index contributed by atoms with van der Waals surface area (Å²) in [5.74, 6) is -0.832. The van der Waals surface area contributed by atoms with Gasteiger partial charge in [-0.1, -0.05) is 0 Å². The number of hydrogen-bond acceptors (Lipinski definition) is 9. The summed E-state index contributed by atoms with van der Waals surface area (Å²) >= 11 is 4.12. The number of esters is 2. The normalized spacial score (nSPS) is 14.4. The van der Waals surface area contributed by atoms with E-state index in [4.69, 9.17) is 18.9 Å². The molecule has 2 aromatic rings. The number of carbonyl (C=O) groups is 4. The van der Waals surface area contributed by atoms with Gasteiger partial charge in [0, 0.05) is 0 Å². The summed E-state index contributed by atoms with van der Waals surface area (Å²) in [4.78, 5) is 50.6. The summed E-state index contributed by atoms with van der Waals surface area (Å²) in [6, 6.07) is 9.67. The lowest BCUT2D eigenvalue weighted by Crippen LogP contribution is -2.35. The number of thioether (sulfide) groups is 1. The predicted octanol–water partition coefficient (Wildman–Crippen LogP) is 5.06. The first-order valence-electron chi connectivity index (χ1n) is 10.9. The lowest BCUT2D eigenvalue weighted by atomic mass is 10.1. The van der Waals surface area contributed by atoms with E-state index in [1.54, 1.807) is 57.2 Å². The molecule has 3 rings (SSSR count). The number of benzene rings is 2. The van der Waals surface area contributed by atoms with Crippen molar-refractivity contribution in [3.8, 4) is 17.2 Å². The molecule has 0 saturated carbocycles. The lowest BCUT2D eigenvalue weighted by molar-refractivity contribution is -0.149. The zero-order valence-electron chi connectivity index (χ0n) is 20.0. The number of amides is 2. The molecule has 1 saturated heterocycles. The van der Waals surface area contributed by atoms with Crippen molar-refractivity contribution in [3.05, 3.63) is 56.9 Å². The highest BCUT2D eigenvalue weighted by atomic mass is 79.9. The zero-order chi connectivity index (χ0) is 26.4. The average molecular weight is 578 g/mol. The van der Waals surface area contributed by atoms with Crippen LogP contribution in [0.5, 0.6) is 17.2 Å². The van der Waals surface area contributed by atoms with Crippen LogP contribution in [0.3, 0.4) is 0 Å². The molecule has 36 heavy (non-hydrogen) atoms. The fourth-order valence-corrected chi connectivity index (χ4v) is 4.51. The van der Waals surface area contributed by atoms with Gasteiger partial charge in [-0.25, -0.2) is 4.79 Å². The molecule has 1 aliphatic heterocycles. The van der Waals surface area contributed by atoms with Gasteiger partial charge in [0.15, 0.2) is 11.5 Å². The standard InChI is InChI=1S/C25H24BrNO8S/c1-5-33-19-11-15(12-20-23(29)27(25(31)36-20)13-21(28)34-14(2)3)10-18(26)22(19)35-24(30)16-6-8-17(32-4)9-7-16/h6-12,14H,5,13H2,1-4H3/b20-12-. The molecular formula is C25H24BrNO8S. The summed E-state index contributed by atoms with van der Waals surface area (Å²) in [5.41, 5.74) is 0.837. The monoisotopic (exact) mass is 577 g/mol. The third-order valence-electron chi connectivity index (χ3n) is 4.68. The van der Waals surface area contributed by atoms with Gasteiger partial charge in [0.1, 0.15) is 12.3 Å². The van der Waals surface area contributed by atoms with Gasteiger partial charge in [-0.3, -0.25) is 19.3 Å². The first kappa shape index (κ1) is 27.3. The third-order valence-corrected chi connectivity index (χ3v) is 6.17. The summed E-state index contributed by atoms with van der Waals surface area (Å²) < 4.78 is 21.8. The SMILES string of the molecule is CCOc1cc(/C=C2\SC(=O)N(CC(=O)OC(C)C)C2=O)cc(Br)c1OC(=O)c1ccc(OC)cc1. The Balaban J connectivity index is 1.84. The highest BCUT2D eigenvalue weighted by molar-refractivity contribution is 9.10. The first-order valence-corrected chi connectivity index (χ1v) is 12.5. The quantitative estimate of drug-likeness (QED) is 0.229. The van der Waals surface area contributed by atoms with E-state index in [2.05, 4.69) is 15.9 Å². The Kier molecular flexibility index (Phi) is 9.16. The maximum absolute atomic E-state index is 12.7. The highest BCUT2D eigenvalue weighted by Crippen LogP contribution is 2.39. The fraction of sp³-hybridized carbons (Fsp3) is 0.280. The van der Waals surface area contributed by atoms with Crippen molar-refractivity contribution in [1.29, 1.82) is 0 Å². The van der Waals surface area contributed by atoms with Gasteiger partial charge in [-0.2, -0.15) is 0 Å². The molecule has 0 aliphatic carbocycles. The molecule has 0 bridgehead atoms. The maximum Gasteiger partial charge on any atom is 0.343 e. The second kappa shape index (κ2) is 12.1. The Labute approximate surface area is 220 Å². The van der Waals surface area contributed by atoms with Crippen molar-refractivity contribution in [3.63, 3.8) is 0 Å². The van der Waals surface area contributed by atoms with Crippen molar-refractivity contribution in [2.75, 3.05) is 20.3 Å². The predicted molar refractivity (Wildman–Crippen MR) is 137 cm³/mol. The number of imide groups is 1. The van der Waals surface area contributed by atoms with Gasteiger partial charge in [0.05, 0.1) is 34.8 Å². The number of ether oxygens (including phenoxy) is 4. The van der Waals surface area contributed by atoms with Gasteiger partial charge >= 0.3 is 11.9 Å². The van der Waals surface area contributed by atoms with Gasteiger partial charge in [-0.05, 0) is 96.5 Å². The van der Waals surface area contributed by atoms with Crippen LogP contribution < -0.4 is 14.2 Å². The molecule has 0 radical (unpaired) electrons. The van der Waals surface area contributed by atoms with Gasteiger partial charge in [-0.15, -0.1) is 0 Å². The molecule has 1 aliphatic rings. The highest BCUT2D eigenvalue weighted by Gasteiger charge is 2.37. The zero-order valence-corrected chi connectivity index (χ0v) is 22.4. The number of halogens is 1. The largest absolute Gasteiger partial charge is 0.497 e. The number of rotatable bonds is 9. The number of methoxy groups -OCH3 is 1. The molecule has 1 fully saturated rings. The van der Waals surface area contributed by atoms with Crippen LogP contribution >= 0.6 is 27.7 Å². The van der Waals surface area contributed by atoms with Crippen LogP contribution in [0.4, 0.5) is 4.79 Å². The molecule has 0 aromatic heterocycles. The molecule has 0 atom stereocenters. The van der Waals surface area contributed by atoms with E-state index in [1.807, 2.05) is 0 Å². The molecule has 0 N–H and O–H groups in total. The van der Waals surface area contributed by atoms with Crippen LogP contribution in [0.25, 0.3) is 6.08 Å². The molecule has 9 nitrogen and oxygen atoms in total. The Morgan fingerprint density at radius 2 is 1.83 bits per heavy atom. The number of hydrogen-bond donors (Lipinski definition) is 0. The van der Waals surface area contributed by atoms with Crippen molar-refractivity contribution >= 4 is 56.9 Å². The van der Waals surface area contributed by atoms with Crippen LogP contribution in [0.2, 0.25) is 0 Å². The summed E-state index contributed by atoms with van der Waals surface area (Å²) in [7, 11) is 1.53. The van der Waals surface area contributed by atoms with E-state index in [0.29, 0.717) is 33.1 Å². The lowest BCUT2D eigenvalue weighted by Gasteiger charge is -2.14. The molecule has 11 heteroatoms. The third kappa shape index (κ3) is 6.67. The minimum absolute atomic E-state index is 0.134. The van der Waals surface area contributed by atoms with Crippen molar-refractivity contribution < 1.29 is 38.1 Å². The van der Waals surface area contributed by atoms with Crippen molar-refractivity contribution in [2.45, 2.75) is 26.9 Å². The van der Waals surface area contributed by atoms with Crippen LogP contribution in [0.1, 0.15) is 36.7 Å². The topological polar surface area (TPSA) is 108 Å². The molecule has 1 heterocycles. The van der Waals surface area contributed by atoms with Crippen molar-refractivity contribution in [1.82, 2.24) is 4.90 Å². The van der Waals surface area contributed by atoms with Crippen LogP contribution in [0.15, 0.2) is 45.8 Å². The average Bonchev–Trinajstić information content (AvgIpc) is 3.08. The number of carbonyl (C=O) groups excluding carboxylic acids is 4. The number of nitrogens with zero attached hydrogens (tertiary/aromatic N) is 1. The van der Waals surface area contributed by atoms with E-state index in [-0.39, 0.29) is 29.1 Å². The van der Waals surface area contributed by atoms with Crippen LogP contribution in [0, 0.1) is 0 Å². The Hall–Kier alpha value is -3.31. The summed E-state index contributed by atoms with van der Waals surface area (Å²) in [5, 5.41) is -0.568. The molecule has 2 amide bonds. The maximum atomic E-state index is 12.7. The van der Waals surface area contributed by atoms with E-state index in [9.17, 15) is 19.2 Å². The summed E-state index contributed by atoms with van der Waals surface area (Å²) in [6.07, 6.45) is 1.14. The molecule has 190 valence electrons. The van der Waals surface area contributed by atoms with Gasteiger partial charge < -0.3 is 18.9 Å².